The fourth-order valence-corrected chi connectivity index (χ4v) is 2.20. The number of halogens is 1. The van der Waals surface area contributed by atoms with Gasteiger partial charge in [0.25, 0.3) is 11.5 Å². The van der Waals surface area contributed by atoms with Crippen LogP contribution in [0.3, 0.4) is 0 Å². The van der Waals surface area contributed by atoms with Crippen LogP contribution in [0.15, 0.2) is 53.3 Å². The van der Waals surface area contributed by atoms with Gasteiger partial charge >= 0.3 is 5.97 Å². The summed E-state index contributed by atoms with van der Waals surface area (Å²) in [5, 5.41) is 8.99. The SMILES string of the molecule is O=C(COC(=O)c1n[nH]c(=O)c2ccccc12)Nc1ccc(F)cc1. The fraction of sp³-hybridized carbons (Fsp3) is 0.0588. The average molecular weight is 341 g/mol. The molecule has 0 saturated carbocycles. The molecule has 7 nitrogen and oxygen atoms in total. The fourth-order valence-electron chi connectivity index (χ4n) is 2.20. The number of nitrogens with one attached hydrogen (secondary N) is 2. The first-order valence-electron chi connectivity index (χ1n) is 7.24. The summed E-state index contributed by atoms with van der Waals surface area (Å²) in [4.78, 5) is 35.6. The van der Waals surface area contributed by atoms with E-state index in [1.807, 2.05) is 0 Å². The number of aromatic amines is 1. The summed E-state index contributed by atoms with van der Waals surface area (Å²) in [5.41, 5.74) is -0.152. The lowest BCUT2D eigenvalue weighted by Gasteiger charge is -2.07. The third kappa shape index (κ3) is 3.69. The van der Waals surface area contributed by atoms with Crippen molar-refractivity contribution in [2.45, 2.75) is 0 Å². The monoisotopic (exact) mass is 341 g/mol. The van der Waals surface area contributed by atoms with E-state index in [4.69, 9.17) is 4.74 Å². The molecule has 126 valence electrons. The number of hydrogen-bond acceptors (Lipinski definition) is 5. The number of fused-ring (bicyclic) bond motifs is 1. The lowest BCUT2D eigenvalue weighted by Crippen LogP contribution is -2.22. The first-order chi connectivity index (χ1) is 12.0. The standard InChI is InChI=1S/C17H12FN3O4/c18-10-5-7-11(8-6-10)19-14(22)9-25-17(24)15-12-3-1-2-4-13(12)16(23)21-20-15/h1-8H,9H2,(H,19,22)(H,21,23). The van der Waals surface area contributed by atoms with Crippen LogP contribution in [0.4, 0.5) is 10.1 Å². The lowest BCUT2D eigenvalue weighted by molar-refractivity contribution is -0.119. The number of aromatic nitrogens is 2. The Morgan fingerprint density at radius 3 is 2.48 bits per heavy atom. The van der Waals surface area contributed by atoms with Crippen molar-refractivity contribution in [1.82, 2.24) is 10.2 Å². The molecule has 0 bridgehead atoms. The maximum Gasteiger partial charge on any atom is 0.359 e. The van der Waals surface area contributed by atoms with Crippen molar-refractivity contribution in [2.24, 2.45) is 0 Å². The summed E-state index contributed by atoms with van der Waals surface area (Å²) in [5.74, 6) is -1.86. The van der Waals surface area contributed by atoms with E-state index in [1.54, 1.807) is 24.3 Å². The Hall–Kier alpha value is -3.55. The Kier molecular flexibility index (Phi) is 4.51. The van der Waals surface area contributed by atoms with Crippen LogP contribution in [0.1, 0.15) is 10.5 Å². The molecule has 0 radical (unpaired) electrons. The zero-order valence-corrected chi connectivity index (χ0v) is 12.8. The second-order valence-corrected chi connectivity index (χ2v) is 5.08. The number of amides is 1. The van der Waals surface area contributed by atoms with Gasteiger partial charge in [0, 0.05) is 11.1 Å². The van der Waals surface area contributed by atoms with Crippen LogP contribution in [-0.4, -0.2) is 28.7 Å². The maximum atomic E-state index is 12.8. The van der Waals surface area contributed by atoms with E-state index in [-0.39, 0.29) is 5.69 Å². The first-order valence-corrected chi connectivity index (χ1v) is 7.24. The van der Waals surface area contributed by atoms with E-state index in [0.717, 1.165) is 0 Å². The smallest absolute Gasteiger partial charge is 0.359 e. The molecule has 3 aromatic rings. The highest BCUT2D eigenvalue weighted by atomic mass is 19.1. The number of carbonyl (C=O) groups is 2. The van der Waals surface area contributed by atoms with Gasteiger partial charge in [-0.05, 0) is 30.3 Å². The molecule has 2 aromatic carbocycles. The molecule has 0 aliphatic rings. The summed E-state index contributed by atoms with van der Waals surface area (Å²) in [6.07, 6.45) is 0. The van der Waals surface area contributed by atoms with Crippen molar-refractivity contribution in [3.05, 3.63) is 70.4 Å². The summed E-state index contributed by atoms with van der Waals surface area (Å²) >= 11 is 0. The highest BCUT2D eigenvalue weighted by Gasteiger charge is 2.16. The molecule has 0 aliphatic heterocycles. The summed E-state index contributed by atoms with van der Waals surface area (Å²) < 4.78 is 17.7. The van der Waals surface area contributed by atoms with Crippen LogP contribution in [0, 0.1) is 5.82 Å². The Morgan fingerprint density at radius 1 is 1.08 bits per heavy atom. The molecule has 2 N–H and O–H groups in total. The minimum absolute atomic E-state index is 0.0928. The quantitative estimate of drug-likeness (QED) is 0.705. The largest absolute Gasteiger partial charge is 0.451 e. The predicted octanol–water partition coefficient (Wildman–Crippen LogP) is 1.86. The highest BCUT2D eigenvalue weighted by molar-refractivity contribution is 6.03. The number of anilines is 1. The Morgan fingerprint density at radius 2 is 1.76 bits per heavy atom. The third-order valence-corrected chi connectivity index (χ3v) is 3.35. The number of benzene rings is 2. The summed E-state index contributed by atoms with van der Waals surface area (Å²) in [6, 6.07) is 11.6. The van der Waals surface area contributed by atoms with Crippen LogP contribution >= 0.6 is 0 Å². The second kappa shape index (κ2) is 6.91. The average Bonchev–Trinajstić information content (AvgIpc) is 2.62. The Bertz CT molecular complexity index is 999. The number of ether oxygens (including phenoxy) is 1. The van der Waals surface area contributed by atoms with Crippen molar-refractivity contribution < 1.29 is 18.7 Å². The van der Waals surface area contributed by atoms with Crippen LogP contribution in [0.25, 0.3) is 10.8 Å². The van der Waals surface area contributed by atoms with Gasteiger partial charge in [0.1, 0.15) is 5.82 Å². The molecular weight excluding hydrogens is 329 g/mol. The van der Waals surface area contributed by atoms with Crippen LogP contribution in [-0.2, 0) is 9.53 Å². The molecule has 1 aromatic heterocycles. The van der Waals surface area contributed by atoms with Crippen molar-refractivity contribution in [3.63, 3.8) is 0 Å². The zero-order valence-electron chi connectivity index (χ0n) is 12.8. The number of rotatable bonds is 4. The van der Waals surface area contributed by atoms with E-state index in [0.29, 0.717) is 16.5 Å². The molecule has 0 aliphatic carbocycles. The van der Waals surface area contributed by atoms with Crippen LogP contribution in [0.2, 0.25) is 0 Å². The minimum Gasteiger partial charge on any atom is -0.451 e. The minimum atomic E-state index is -0.846. The van der Waals surface area contributed by atoms with E-state index in [9.17, 15) is 18.8 Å². The van der Waals surface area contributed by atoms with Gasteiger partial charge < -0.3 is 10.1 Å². The van der Waals surface area contributed by atoms with Gasteiger partial charge in [0.2, 0.25) is 0 Å². The molecule has 1 heterocycles. The van der Waals surface area contributed by atoms with Gasteiger partial charge in [-0.2, -0.15) is 5.10 Å². The van der Waals surface area contributed by atoms with Gasteiger partial charge in [-0.3, -0.25) is 9.59 Å². The van der Waals surface area contributed by atoms with Crippen molar-refractivity contribution in [3.8, 4) is 0 Å². The van der Waals surface area contributed by atoms with Gasteiger partial charge in [-0.1, -0.05) is 18.2 Å². The van der Waals surface area contributed by atoms with Crippen LogP contribution < -0.4 is 10.9 Å². The van der Waals surface area contributed by atoms with E-state index < -0.39 is 29.9 Å². The van der Waals surface area contributed by atoms with Gasteiger partial charge in [-0.25, -0.2) is 14.3 Å². The van der Waals surface area contributed by atoms with E-state index in [1.165, 1.54) is 24.3 Å². The van der Waals surface area contributed by atoms with Crippen molar-refractivity contribution in [1.29, 1.82) is 0 Å². The molecule has 1 amide bonds. The zero-order chi connectivity index (χ0) is 17.8. The Balaban J connectivity index is 1.69. The molecule has 8 heteroatoms. The van der Waals surface area contributed by atoms with Gasteiger partial charge in [-0.15, -0.1) is 0 Å². The maximum absolute atomic E-state index is 12.8. The van der Waals surface area contributed by atoms with Crippen LogP contribution in [0.5, 0.6) is 0 Å². The molecule has 0 spiro atoms. The molecule has 0 unspecified atom stereocenters. The highest BCUT2D eigenvalue weighted by Crippen LogP contribution is 2.13. The predicted molar refractivity (Wildman–Crippen MR) is 87.7 cm³/mol. The summed E-state index contributed by atoms with van der Waals surface area (Å²) in [6.45, 7) is -0.550. The van der Waals surface area contributed by atoms with E-state index >= 15 is 0 Å². The molecule has 0 fully saturated rings. The number of carbonyl (C=O) groups excluding carboxylic acids is 2. The van der Waals surface area contributed by atoms with Crippen molar-refractivity contribution >= 4 is 28.3 Å². The first kappa shape index (κ1) is 16.3. The lowest BCUT2D eigenvalue weighted by atomic mass is 10.1. The molecule has 0 atom stereocenters. The normalized spacial score (nSPS) is 10.4. The second-order valence-electron chi connectivity index (χ2n) is 5.08. The molecule has 0 saturated heterocycles. The molecule has 25 heavy (non-hydrogen) atoms. The van der Waals surface area contributed by atoms with Gasteiger partial charge in [0.15, 0.2) is 12.3 Å². The number of H-pyrrole nitrogens is 1. The topological polar surface area (TPSA) is 101 Å². The summed E-state index contributed by atoms with van der Waals surface area (Å²) in [7, 11) is 0. The molecular formula is C17H12FN3O4. The third-order valence-electron chi connectivity index (χ3n) is 3.35. The number of esters is 1. The molecule has 3 rings (SSSR count). The van der Waals surface area contributed by atoms with Gasteiger partial charge in [0.05, 0.1) is 5.39 Å². The van der Waals surface area contributed by atoms with Crippen molar-refractivity contribution in [2.75, 3.05) is 11.9 Å². The Labute approximate surface area is 140 Å². The number of nitrogens with zero attached hydrogens (tertiary/aromatic N) is 1. The number of hydrogen-bond donors (Lipinski definition) is 2. The van der Waals surface area contributed by atoms with E-state index in [2.05, 4.69) is 15.5 Å².